The fraction of sp³-hybridized carbons (Fsp3) is 0.538. The van der Waals surface area contributed by atoms with E-state index in [1.165, 1.54) is 30.5 Å². The summed E-state index contributed by atoms with van der Waals surface area (Å²) >= 11 is 0. The zero-order valence-corrected chi connectivity index (χ0v) is 17.6. The lowest BCUT2D eigenvalue weighted by Gasteiger charge is -2.31. The van der Waals surface area contributed by atoms with Gasteiger partial charge >= 0.3 is 0 Å². The van der Waals surface area contributed by atoms with Gasteiger partial charge < -0.3 is 5.11 Å². The maximum absolute atomic E-state index is 11.7. The van der Waals surface area contributed by atoms with Gasteiger partial charge in [-0.2, -0.15) is 0 Å². The molecule has 1 N–H and O–H groups in total. The molecule has 1 saturated carbocycles. The van der Waals surface area contributed by atoms with Crippen LogP contribution in [0.3, 0.4) is 0 Å². The van der Waals surface area contributed by atoms with Crippen LogP contribution in [-0.2, 0) is 18.7 Å². The van der Waals surface area contributed by atoms with Crippen molar-refractivity contribution in [3.05, 3.63) is 71.3 Å². The molecule has 2 aliphatic heterocycles. The first-order valence-electron chi connectivity index (χ1n) is 11.4. The van der Waals surface area contributed by atoms with Gasteiger partial charge in [0.1, 0.15) is 0 Å². The lowest BCUT2D eigenvalue weighted by atomic mass is 9.82. The van der Waals surface area contributed by atoms with Gasteiger partial charge in [-0.05, 0) is 61.8 Å². The normalized spacial score (nSPS) is 32.7. The summed E-state index contributed by atoms with van der Waals surface area (Å²) in [6.45, 7) is 7.71. The standard InChI is InChI=1S/C26H34N2O/c1-20-6-5-15-28(20)17-22-9-11-24(12-10-22)26(29)14-13-23-18-27(19-25(23)26)16-21-7-3-2-4-8-21/h2-4,7-12,20,23,25,29H,5-6,13-19H2,1H3/t20?,23-,25?,26?/m1/s1. The Morgan fingerprint density at radius 3 is 2.41 bits per heavy atom. The Hall–Kier alpha value is -1.68. The highest BCUT2D eigenvalue weighted by atomic mass is 16.3. The fourth-order valence-corrected chi connectivity index (χ4v) is 6.07. The second-order valence-electron chi connectivity index (χ2n) is 9.67. The Balaban J connectivity index is 1.27. The van der Waals surface area contributed by atoms with Crippen LogP contribution >= 0.6 is 0 Å². The van der Waals surface area contributed by atoms with Crippen LogP contribution < -0.4 is 0 Å². The molecule has 0 radical (unpaired) electrons. The monoisotopic (exact) mass is 390 g/mol. The van der Waals surface area contributed by atoms with Crippen molar-refractivity contribution < 1.29 is 5.11 Å². The average Bonchev–Trinajstić information content (AvgIpc) is 3.41. The third-order valence-electron chi connectivity index (χ3n) is 7.81. The minimum Gasteiger partial charge on any atom is -0.385 e. The van der Waals surface area contributed by atoms with E-state index >= 15 is 0 Å². The molecule has 4 atom stereocenters. The Bertz CT molecular complexity index is 820. The van der Waals surface area contributed by atoms with Crippen molar-refractivity contribution in [1.82, 2.24) is 9.80 Å². The third kappa shape index (κ3) is 3.76. The number of hydrogen-bond acceptors (Lipinski definition) is 3. The SMILES string of the molecule is CC1CCCN1Cc1ccc(C2(O)CC[C@@H]3CN(Cc4ccccc4)CC32)cc1. The molecule has 3 aliphatic rings. The molecular weight excluding hydrogens is 356 g/mol. The van der Waals surface area contributed by atoms with E-state index in [2.05, 4.69) is 71.3 Å². The summed E-state index contributed by atoms with van der Waals surface area (Å²) in [5, 5.41) is 11.7. The van der Waals surface area contributed by atoms with Crippen LogP contribution in [0.1, 0.15) is 49.3 Å². The Morgan fingerprint density at radius 2 is 1.69 bits per heavy atom. The molecule has 0 aromatic heterocycles. The van der Waals surface area contributed by atoms with Gasteiger partial charge in [0.15, 0.2) is 0 Å². The van der Waals surface area contributed by atoms with Gasteiger partial charge in [0.05, 0.1) is 5.60 Å². The predicted molar refractivity (Wildman–Crippen MR) is 117 cm³/mol. The minimum atomic E-state index is -0.657. The third-order valence-corrected chi connectivity index (χ3v) is 7.81. The Labute approximate surface area is 175 Å². The van der Waals surface area contributed by atoms with Crippen molar-refractivity contribution in [2.45, 2.75) is 57.3 Å². The number of likely N-dealkylation sites (tertiary alicyclic amines) is 2. The molecule has 3 fully saturated rings. The molecule has 0 bridgehead atoms. The van der Waals surface area contributed by atoms with Crippen LogP contribution in [0.4, 0.5) is 0 Å². The number of nitrogens with zero attached hydrogens (tertiary/aromatic N) is 2. The summed E-state index contributed by atoms with van der Waals surface area (Å²) in [7, 11) is 0. The first-order valence-corrected chi connectivity index (χ1v) is 11.4. The summed E-state index contributed by atoms with van der Waals surface area (Å²) in [5.41, 5.74) is 3.22. The van der Waals surface area contributed by atoms with E-state index in [4.69, 9.17) is 0 Å². The van der Waals surface area contributed by atoms with Crippen LogP contribution in [0.2, 0.25) is 0 Å². The van der Waals surface area contributed by atoms with Crippen molar-refractivity contribution >= 4 is 0 Å². The van der Waals surface area contributed by atoms with E-state index in [0.29, 0.717) is 17.9 Å². The summed E-state index contributed by atoms with van der Waals surface area (Å²) in [4.78, 5) is 5.12. The topological polar surface area (TPSA) is 26.7 Å². The highest BCUT2D eigenvalue weighted by Gasteiger charge is 2.52. The number of fused-ring (bicyclic) bond motifs is 1. The fourth-order valence-electron chi connectivity index (χ4n) is 6.07. The van der Waals surface area contributed by atoms with E-state index < -0.39 is 5.60 Å². The molecule has 2 aromatic carbocycles. The van der Waals surface area contributed by atoms with Crippen molar-refractivity contribution in [2.24, 2.45) is 11.8 Å². The van der Waals surface area contributed by atoms with Gasteiger partial charge in [0.25, 0.3) is 0 Å². The largest absolute Gasteiger partial charge is 0.385 e. The molecule has 3 heteroatoms. The average molecular weight is 391 g/mol. The van der Waals surface area contributed by atoms with Crippen LogP contribution in [0.15, 0.2) is 54.6 Å². The van der Waals surface area contributed by atoms with Crippen LogP contribution in [-0.4, -0.2) is 40.6 Å². The first-order chi connectivity index (χ1) is 14.1. The second-order valence-corrected chi connectivity index (χ2v) is 9.67. The molecule has 0 amide bonds. The van der Waals surface area contributed by atoms with Crippen molar-refractivity contribution in [3.8, 4) is 0 Å². The molecule has 2 aromatic rings. The zero-order chi connectivity index (χ0) is 19.8. The first kappa shape index (κ1) is 19.3. The quantitative estimate of drug-likeness (QED) is 0.820. The highest BCUT2D eigenvalue weighted by Crippen LogP contribution is 2.50. The summed E-state index contributed by atoms with van der Waals surface area (Å²) in [6.07, 6.45) is 4.69. The number of hydrogen-bond donors (Lipinski definition) is 1. The molecule has 1 aliphatic carbocycles. The van der Waals surface area contributed by atoms with Gasteiger partial charge in [-0.25, -0.2) is 0 Å². The Morgan fingerprint density at radius 1 is 0.931 bits per heavy atom. The van der Waals surface area contributed by atoms with Gasteiger partial charge in [0.2, 0.25) is 0 Å². The predicted octanol–water partition coefficient (Wildman–Crippen LogP) is 4.40. The summed E-state index contributed by atoms with van der Waals surface area (Å²) < 4.78 is 0. The minimum absolute atomic E-state index is 0.357. The molecule has 2 saturated heterocycles. The molecule has 3 unspecified atom stereocenters. The molecular formula is C26H34N2O. The number of aliphatic hydroxyl groups is 1. The smallest absolute Gasteiger partial charge is 0.0940 e. The van der Waals surface area contributed by atoms with Gasteiger partial charge in [-0.1, -0.05) is 54.6 Å². The Kier molecular flexibility index (Phi) is 5.23. The van der Waals surface area contributed by atoms with E-state index in [9.17, 15) is 5.11 Å². The molecule has 3 nitrogen and oxygen atoms in total. The van der Waals surface area contributed by atoms with E-state index in [1.807, 2.05) is 0 Å². The van der Waals surface area contributed by atoms with Gasteiger partial charge in [-0.15, -0.1) is 0 Å². The van der Waals surface area contributed by atoms with E-state index in [-0.39, 0.29) is 0 Å². The van der Waals surface area contributed by atoms with Crippen molar-refractivity contribution in [2.75, 3.05) is 19.6 Å². The molecule has 2 heterocycles. The molecule has 29 heavy (non-hydrogen) atoms. The maximum Gasteiger partial charge on any atom is 0.0940 e. The summed E-state index contributed by atoms with van der Waals surface area (Å²) in [5.74, 6) is 0.976. The van der Waals surface area contributed by atoms with Gasteiger partial charge in [-0.3, -0.25) is 9.80 Å². The zero-order valence-electron chi connectivity index (χ0n) is 17.6. The second kappa shape index (κ2) is 7.86. The van der Waals surface area contributed by atoms with E-state index in [0.717, 1.165) is 44.6 Å². The lowest BCUT2D eigenvalue weighted by molar-refractivity contribution is -0.00685. The van der Waals surface area contributed by atoms with Crippen LogP contribution in [0.5, 0.6) is 0 Å². The van der Waals surface area contributed by atoms with Crippen molar-refractivity contribution in [3.63, 3.8) is 0 Å². The van der Waals surface area contributed by atoms with Gasteiger partial charge in [0, 0.05) is 38.1 Å². The highest BCUT2D eigenvalue weighted by molar-refractivity contribution is 5.30. The van der Waals surface area contributed by atoms with Crippen LogP contribution in [0.25, 0.3) is 0 Å². The lowest BCUT2D eigenvalue weighted by Crippen LogP contribution is -2.34. The summed E-state index contributed by atoms with van der Waals surface area (Å²) in [6, 6.07) is 20.3. The molecule has 154 valence electrons. The molecule has 0 spiro atoms. The van der Waals surface area contributed by atoms with Crippen LogP contribution in [0, 0.1) is 11.8 Å². The maximum atomic E-state index is 11.7. The van der Waals surface area contributed by atoms with E-state index in [1.54, 1.807) is 0 Å². The molecule has 5 rings (SSSR count). The number of benzene rings is 2. The van der Waals surface area contributed by atoms with Crippen molar-refractivity contribution in [1.29, 1.82) is 0 Å². The number of rotatable bonds is 5.